The molecule has 0 fully saturated rings. The number of nitrogens with one attached hydrogen (secondary N) is 2. The number of carbonyl (C=O) groups is 3. The van der Waals surface area contributed by atoms with Crippen molar-refractivity contribution in [1.82, 2.24) is 9.88 Å². The molecule has 0 saturated carbocycles. The Kier molecular flexibility index (Phi) is 8.33. The normalized spacial score (nSPS) is 15.1. The summed E-state index contributed by atoms with van der Waals surface area (Å²) in [4.78, 5) is 38.7. The zero-order chi connectivity index (χ0) is 28.9. The zero-order valence-electron chi connectivity index (χ0n) is 22.7. The number of ether oxygens (including phenoxy) is 1. The Morgan fingerprint density at radius 2 is 1.88 bits per heavy atom. The molecule has 2 atom stereocenters. The molecule has 0 bridgehead atoms. The first-order chi connectivity index (χ1) is 19.8. The van der Waals surface area contributed by atoms with E-state index in [-0.39, 0.29) is 24.8 Å². The van der Waals surface area contributed by atoms with Crippen LogP contribution >= 0.6 is 0 Å². The molecule has 1 aliphatic rings. The average molecular weight is 558 g/mol. The number of methoxy groups -OCH3 is 1. The van der Waals surface area contributed by atoms with Crippen LogP contribution in [0.25, 0.3) is 10.9 Å². The van der Waals surface area contributed by atoms with Gasteiger partial charge in [0.15, 0.2) is 0 Å². The fourth-order valence-corrected chi connectivity index (χ4v) is 5.73. The van der Waals surface area contributed by atoms with Gasteiger partial charge >= 0.3 is 5.97 Å². The fourth-order valence-electron chi connectivity index (χ4n) is 5.73. The minimum Gasteiger partial charge on any atom is -0.497 e. The molecule has 9 heteroatoms. The molecular weight excluding hydrogens is 525 g/mol. The minimum absolute atomic E-state index is 0.0547. The third-order valence-corrected chi connectivity index (χ3v) is 7.52. The molecule has 2 amide bonds. The van der Waals surface area contributed by atoms with Crippen molar-refractivity contribution in [3.8, 4) is 5.75 Å². The first-order valence-corrected chi connectivity index (χ1v) is 13.6. The fraction of sp³-hybridized carbons (Fsp3) is 0.281. The Labute approximate surface area is 237 Å². The third kappa shape index (κ3) is 6.40. The summed E-state index contributed by atoms with van der Waals surface area (Å²) in [6.45, 7) is -0.305. The summed E-state index contributed by atoms with van der Waals surface area (Å²) in [7, 11) is 1.55. The Balaban J connectivity index is 1.42. The molecule has 0 unspecified atom stereocenters. The van der Waals surface area contributed by atoms with Crippen molar-refractivity contribution in [3.05, 3.63) is 95.4 Å². The van der Waals surface area contributed by atoms with E-state index in [1.165, 1.54) is 12.1 Å². The summed E-state index contributed by atoms with van der Waals surface area (Å²) in [6.07, 6.45) is 2.30. The van der Waals surface area contributed by atoms with Crippen molar-refractivity contribution >= 4 is 34.4 Å². The quantitative estimate of drug-likeness (QED) is 0.247. The van der Waals surface area contributed by atoms with Crippen molar-refractivity contribution in [2.45, 2.75) is 44.7 Å². The van der Waals surface area contributed by atoms with Gasteiger partial charge in [-0.15, -0.1) is 0 Å². The summed E-state index contributed by atoms with van der Waals surface area (Å²) < 4.78 is 21.1. The number of aliphatic carboxylic acids is 1. The van der Waals surface area contributed by atoms with E-state index >= 15 is 0 Å². The van der Waals surface area contributed by atoms with Gasteiger partial charge in [-0.1, -0.05) is 36.4 Å². The number of benzene rings is 3. The van der Waals surface area contributed by atoms with Crippen LogP contribution in [0.2, 0.25) is 0 Å². The Hall–Kier alpha value is -4.66. The lowest BCUT2D eigenvalue weighted by atomic mass is 9.90. The van der Waals surface area contributed by atoms with Crippen molar-refractivity contribution in [3.63, 3.8) is 0 Å². The molecule has 1 aliphatic carbocycles. The van der Waals surface area contributed by atoms with Crippen molar-refractivity contribution < 1.29 is 28.6 Å². The summed E-state index contributed by atoms with van der Waals surface area (Å²) in [6, 6.07) is 20.4. The van der Waals surface area contributed by atoms with E-state index in [2.05, 4.69) is 10.6 Å². The summed E-state index contributed by atoms with van der Waals surface area (Å²) in [5, 5.41) is 16.3. The number of amides is 2. The molecule has 0 spiro atoms. The predicted octanol–water partition coefficient (Wildman–Crippen LogP) is 5.25. The maximum Gasteiger partial charge on any atom is 0.323 e. The van der Waals surface area contributed by atoms with E-state index in [1.807, 2.05) is 30.3 Å². The molecule has 4 aromatic rings. The SMILES string of the molecule is COc1cccc(NC(=O)C[C@H](Cc2ccccc2)C(=O)N[C@H]2CCCc3c2n(CC(=O)O)c2ccc(F)cc32)c1. The molecular formula is C32H32FN3O5. The average Bonchev–Trinajstić information content (AvgIpc) is 3.26. The number of hydrogen-bond acceptors (Lipinski definition) is 4. The number of carboxylic acid groups (broad SMARTS) is 1. The van der Waals surface area contributed by atoms with Crippen LogP contribution in [0.3, 0.4) is 0 Å². The first-order valence-electron chi connectivity index (χ1n) is 13.6. The summed E-state index contributed by atoms with van der Waals surface area (Å²) in [5.41, 5.74) is 3.65. The highest BCUT2D eigenvalue weighted by Gasteiger charge is 2.32. The molecule has 3 N–H and O–H groups in total. The molecule has 212 valence electrons. The van der Waals surface area contributed by atoms with Crippen LogP contribution < -0.4 is 15.4 Å². The highest BCUT2D eigenvalue weighted by atomic mass is 19.1. The topological polar surface area (TPSA) is 110 Å². The Bertz CT molecular complexity index is 1580. The van der Waals surface area contributed by atoms with E-state index in [4.69, 9.17) is 4.74 Å². The lowest BCUT2D eigenvalue weighted by Crippen LogP contribution is -2.39. The number of carboxylic acids is 1. The molecule has 0 saturated heterocycles. The number of nitrogens with zero attached hydrogens (tertiary/aromatic N) is 1. The highest BCUT2D eigenvalue weighted by Crippen LogP contribution is 2.38. The monoisotopic (exact) mass is 557 g/mol. The number of hydrogen-bond donors (Lipinski definition) is 3. The van der Waals surface area contributed by atoms with E-state index in [0.29, 0.717) is 47.3 Å². The lowest BCUT2D eigenvalue weighted by molar-refractivity contribution is -0.137. The number of carbonyl (C=O) groups excluding carboxylic acids is 2. The van der Waals surface area contributed by atoms with Gasteiger partial charge in [0.25, 0.3) is 0 Å². The lowest BCUT2D eigenvalue weighted by Gasteiger charge is -2.28. The van der Waals surface area contributed by atoms with Gasteiger partial charge in [-0.25, -0.2) is 4.39 Å². The van der Waals surface area contributed by atoms with Crippen LogP contribution in [0.4, 0.5) is 10.1 Å². The smallest absolute Gasteiger partial charge is 0.323 e. The van der Waals surface area contributed by atoms with E-state index in [1.54, 1.807) is 42.0 Å². The number of rotatable bonds is 10. The van der Waals surface area contributed by atoms with Gasteiger partial charge in [0.2, 0.25) is 11.8 Å². The maximum absolute atomic E-state index is 14.2. The van der Waals surface area contributed by atoms with E-state index in [0.717, 1.165) is 17.5 Å². The van der Waals surface area contributed by atoms with Crippen molar-refractivity contribution in [2.24, 2.45) is 5.92 Å². The number of halogens is 1. The van der Waals surface area contributed by atoms with Crippen LogP contribution in [-0.4, -0.2) is 34.6 Å². The number of fused-ring (bicyclic) bond motifs is 3. The van der Waals surface area contributed by atoms with Gasteiger partial charge in [0, 0.05) is 34.8 Å². The second-order valence-corrected chi connectivity index (χ2v) is 10.3. The Morgan fingerprint density at radius 3 is 2.63 bits per heavy atom. The third-order valence-electron chi connectivity index (χ3n) is 7.52. The zero-order valence-corrected chi connectivity index (χ0v) is 22.7. The van der Waals surface area contributed by atoms with Crippen LogP contribution in [0.15, 0.2) is 72.8 Å². The molecule has 0 radical (unpaired) electrons. The summed E-state index contributed by atoms with van der Waals surface area (Å²) in [5.74, 6) is -2.11. The predicted molar refractivity (Wildman–Crippen MR) is 153 cm³/mol. The summed E-state index contributed by atoms with van der Waals surface area (Å²) >= 11 is 0. The van der Waals surface area contributed by atoms with Crippen LogP contribution in [0.5, 0.6) is 5.75 Å². The van der Waals surface area contributed by atoms with Gasteiger partial charge in [-0.05, 0) is 67.1 Å². The number of aromatic nitrogens is 1. The van der Waals surface area contributed by atoms with E-state index < -0.39 is 23.7 Å². The largest absolute Gasteiger partial charge is 0.497 e. The molecule has 1 aromatic heterocycles. The van der Waals surface area contributed by atoms with Crippen LogP contribution in [0, 0.1) is 11.7 Å². The molecule has 8 nitrogen and oxygen atoms in total. The first kappa shape index (κ1) is 27.9. The Morgan fingerprint density at radius 1 is 1.07 bits per heavy atom. The van der Waals surface area contributed by atoms with Gasteiger partial charge in [0.05, 0.1) is 19.1 Å². The van der Waals surface area contributed by atoms with E-state index in [9.17, 15) is 23.9 Å². The number of anilines is 1. The van der Waals surface area contributed by atoms with Gasteiger partial charge in [-0.3, -0.25) is 14.4 Å². The standard InChI is InChI=1S/C32H32FN3O5/c1-41-24-10-5-9-23(18-24)34-29(37)16-21(15-20-7-3-2-4-8-20)32(40)35-27-12-6-11-25-26-17-22(33)13-14-28(26)36(31(25)27)19-30(38)39/h2-5,7-10,13-14,17-18,21,27H,6,11-12,15-16,19H2,1H3,(H,34,37)(H,35,40)(H,38,39)/t21-,27-/m0/s1. The molecule has 0 aliphatic heterocycles. The van der Waals surface area contributed by atoms with Gasteiger partial charge < -0.3 is 25.0 Å². The molecule has 5 rings (SSSR count). The maximum atomic E-state index is 14.2. The van der Waals surface area contributed by atoms with Crippen LogP contribution in [0.1, 0.15) is 42.1 Å². The molecule has 3 aromatic carbocycles. The number of aryl methyl sites for hydroxylation is 1. The molecule has 1 heterocycles. The highest BCUT2D eigenvalue weighted by molar-refractivity contribution is 5.94. The minimum atomic E-state index is -1.03. The van der Waals surface area contributed by atoms with Crippen molar-refractivity contribution in [1.29, 1.82) is 0 Å². The van der Waals surface area contributed by atoms with Gasteiger partial charge in [-0.2, -0.15) is 0 Å². The molecule has 41 heavy (non-hydrogen) atoms. The second kappa shape index (κ2) is 12.2. The van der Waals surface area contributed by atoms with Gasteiger partial charge in [0.1, 0.15) is 18.1 Å². The van der Waals surface area contributed by atoms with Crippen LogP contribution in [-0.2, 0) is 33.8 Å². The second-order valence-electron chi connectivity index (χ2n) is 10.3. The van der Waals surface area contributed by atoms with Crippen molar-refractivity contribution in [2.75, 3.05) is 12.4 Å².